The molecule has 0 aliphatic rings. The van der Waals surface area contributed by atoms with E-state index in [4.69, 9.17) is 9.68 Å². The molecule has 0 spiro atoms. The minimum atomic E-state index is 0.681. The van der Waals surface area contributed by atoms with Crippen LogP contribution in [-0.4, -0.2) is 12.7 Å². The Balaban J connectivity index is 2.08. The highest BCUT2D eigenvalue weighted by atomic mass is 32.1. The fourth-order valence-electron chi connectivity index (χ4n) is 2.83. The van der Waals surface area contributed by atoms with Crippen molar-refractivity contribution >= 4 is 39.2 Å². The molecule has 0 unspecified atom stereocenters. The molecule has 4 heteroatoms. The normalized spacial score (nSPS) is 11.0. The van der Waals surface area contributed by atoms with Crippen LogP contribution >= 0.6 is 11.3 Å². The number of thiophene rings is 1. The minimum Gasteiger partial charge on any atom is -0.536 e. The molecule has 0 aliphatic carbocycles. The van der Waals surface area contributed by atoms with Gasteiger partial charge in [-0.2, -0.15) is 0 Å². The quantitative estimate of drug-likeness (QED) is 0.559. The molecule has 0 saturated carbocycles. The van der Waals surface area contributed by atoms with Crippen molar-refractivity contribution in [2.75, 3.05) is 0 Å². The van der Waals surface area contributed by atoms with Crippen molar-refractivity contribution < 1.29 is 9.68 Å². The Morgan fingerprint density at radius 1 is 0.864 bits per heavy atom. The van der Waals surface area contributed by atoms with Crippen LogP contribution < -0.4 is 4.65 Å². The Bertz CT molecular complexity index is 947. The highest BCUT2D eigenvalue weighted by molar-refractivity contribution is 7.26. The van der Waals surface area contributed by atoms with Gasteiger partial charge in [-0.05, 0) is 23.3 Å². The molecule has 1 heterocycles. The molecule has 1 N–H and O–H groups in total. The van der Waals surface area contributed by atoms with Crippen LogP contribution in [0.5, 0.6) is 5.75 Å². The summed E-state index contributed by atoms with van der Waals surface area (Å²) in [4.78, 5) is 0. The van der Waals surface area contributed by atoms with Crippen LogP contribution in [0.25, 0.3) is 31.3 Å². The van der Waals surface area contributed by atoms with E-state index in [2.05, 4.69) is 48.5 Å². The van der Waals surface area contributed by atoms with E-state index in [0.717, 1.165) is 17.8 Å². The summed E-state index contributed by atoms with van der Waals surface area (Å²) >= 11 is 1.68. The highest BCUT2D eigenvalue weighted by Gasteiger charge is 2.13. The number of hydrogen-bond acceptors (Lipinski definition) is 3. The van der Waals surface area contributed by atoms with Gasteiger partial charge in [0.15, 0.2) is 0 Å². The maximum atomic E-state index is 8.94. The van der Waals surface area contributed by atoms with Crippen LogP contribution in [-0.2, 0) is 0 Å². The Kier molecular flexibility index (Phi) is 3.33. The van der Waals surface area contributed by atoms with Gasteiger partial charge in [-0.25, -0.2) is 0 Å². The molecular weight excluding hydrogens is 291 g/mol. The summed E-state index contributed by atoms with van der Waals surface area (Å²) in [5, 5.41) is 11.3. The summed E-state index contributed by atoms with van der Waals surface area (Å²) in [5.41, 5.74) is 2.42. The van der Waals surface area contributed by atoms with Gasteiger partial charge in [0.1, 0.15) is 5.75 Å². The van der Waals surface area contributed by atoms with Crippen LogP contribution in [0.4, 0.5) is 0 Å². The van der Waals surface area contributed by atoms with Gasteiger partial charge in [-0.3, -0.25) is 0 Å². The molecule has 3 aromatic carbocycles. The van der Waals surface area contributed by atoms with Crippen molar-refractivity contribution in [3.8, 4) is 16.9 Å². The lowest BCUT2D eigenvalue weighted by atomic mass is 9.99. The molecule has 0 amide bonds. The second kappa shape index (κ2) is 5.48. The number of hydrogen-bond donors (Lipinski definition) is 1. The maximum Gasteiger partial charge on any atom is 0.569 e. The smallest absolute Gasteiger partial charge is 0.536 e. The van der Waals surface area contributed by atoms with E-state index in [1.807, 2.05) is 18.2 Å². The molecule has 4 aromatic rings. The largest absolute Gasteiger partial charge is 0.569 e. The third-order valence-corrected chi connectivity index (χ3v) is 4.94. The van der Waals surface area contributed by atoms with Gasteiger partial charge in [-0.1, -0.05) is 54.6 Å². The molecule has 0 saturated heterocycles. The van der Waals surface area contributed by atoms with E-state index in [0.29, 0.717) is 5.75 Å². The first-order chi connectivity index (χ1) is 10.9. The predicted molar refractivity (Wildman–Crippen MR) is 93.4 cm³/mol. The lowest BCUT2D eigenvalue weighted by Crippen LogP contribution is -1.99. The second-order valence-corrected chi connectivity index (χ2v) is 6.06. The zero-order chi connectivity index (χ0) is 14.9. The summed E-state index contributed by atoms with van der Waals surface area (Å²) in [7, 11) is 0.733. The predicted octanol–water partition coefficient (Wildman–Crippen LogP) is 4.63. The summed E-state index contributed by atoms with van der Waals surface area (Å²) in [6.45, 7) is 0. The van der Waals surface area contributed by atoms with Crippen molar-refractivity contribution in [1.29, 1.82) is 0 Å². The topological polar surface area (TPSA) is 29.5 Å². The van der Waals surface area contributed by atoms with Gasteiger partial charge < -0.3 is 9.68 Å². The maximum absolute atomic E-state index is 8.94. The first-order valence-corrected chi connectivity index (χ1v) is 7.82. The van der Waals surface area contributed by atoms with E-state index in [-0.39, 0.29) is 0 Å². The van der Waals surface area contributed by atoms with Crippen molar-refractivity contribution in [1.82, 2.24) is 0 Å². The van der Waals surface area contributed by atoms with Gasteiger partial charge in [0.25, 0.3) is 0 Å². The van der Waals surface area contributed by atoms with Gasteiger partial charge in [0.2, 0.25) is 0 Å². The van der Waals surface area contributed by atoms with Crippen LogP contribution in [0.1, 0.15) is 0 Å². The summed E-state index contributed by atoms with van der Waals surface area (Å²) in [5.74, 6) is 0.681. The standard InChI is InChI=1S/C18H12BO2S/c20-19-21-15-10-4-9-14-17-13(12-6-2-1-3-7-12)8-5-11-16(17)22-18(14)15/h1-11,20H. The van der Waals surface area contributed by atoms with Crippen LogP contribution in [0, 0.1) is 0 Å². The SMILES string of the molecule is O[B]Oc1cccc2c1sc1cccc(-c3ccccc3)c12. The Morgan fingerprint density at radius 2 is 1.68 bits per heavy atom. The Labute approximate surface area is 132 Å². The fraction of sp³-hybridized carbons (Fsp3) is 0. The van der Waals surface area contributed by atoms with Crippen LogP contribution in [0.3, 0.4) is 0 Å². The number of rotatable bonds is 3. The van der Waals surface area contributed by atoms with Crippen molar-refractivity contribution in [2.45, 2.75) is 0 Å². The zero-order valence-corrected chi connectivity index (χ0v) is 12.5. The lowest BCUT2D eigenvalue weighted by molar-refractivity contribution is 0.457. The van der Waals surface area contributed by atoms with E-state index in [1.165, 1.54) is 21.2 Å². The van der Waals surface area contributed by atoms with E-state index in [1.54, 1.807) is 11.3 Å². The highest BCUT2D eigenvalue weighted by Crippen LogP contribution is 2.43. The van der Waals surface area contributed by atoms with E-state index in [9.17, 15) is 0 Å². The average molecular weight is 303 g/mol. The summed E-state index contributed by atoms with van der Waals surface area (Å²) in [6, 6.07) is 22.7. The minimum absolute atomic E-state index is 0.681. The average Bonchev–Trinajstić information content (AvgIpc) is 2.96. The van der Waals surface area contributed by atoms with E-state index >= 15 is 0 Å². The van der Waals surface area contributed by atoms with Gasteiger partial charge in [0.05, 0.1) is 4.70 Å². The number of benzene rings is 3. The molecule has 0 atom stereocenters. The second-order valence-electron chi connectivity index (χ2n) is 5.00. The van der Waals surface area contributed by atoms with Crippen molar-refractivity contribution in [3.63, 3.8) is 0 Å². The third-order valence-electron chi connectivity index (χ3n) is 3.75. The Morgan fingerprint density at radius 3 is 2.50 bits per heavy atom. The molecule has 105 valence electrons. The summed E-state index contributed by atoms with van der Waals surface area (Å²) < 4.78 is 7.50. The van der Waals surface area contributed by atoms with Gasteiger partial charge in [0, 0.05) is 15.5 Å². The van der Waals surface area contributed by atoms with Crippen molar-refractivity contribution in [3.05, 3.63) is 66.7 Å². The van der Waals surface area contributed by atoms with E-state index < -0.39 is 0 Å². The lowest BCUT2D eigenvalue weighted by Gasteiger charge is -2.05. The molecule has 22 heavy (non-hydrogen) atoms. The van der Waals surface area contributed by atoms with Crippen molar-refractivity contribution in [2.24, 2.45) is 0 Å². The zero-order valence-electron chi connectivity index (χ0n) is 11.7. The molecule has 1 aromatic heterocycles. The number of fused-ring (bicyclic) bond motifs is 3. The van der Waals surface area contributed by atoms with Crippen LogP contribution in [0.15, 0.2) is 66.7 Å². The third kappa shape index (κ3) is 2.08. The van der Waals surface area contributed by atoms with Crippen LogP contribution in [0.2, 0.25) is 0 Å². The Hall–Kier alpha value is -2.30. The summed E-state index contributed by atoms with van der Waals surface area (Å²) in [6.07, 6.45) is 0. The monoisotopic (exact) mass is 303 g/mol. The molecule has 0 aliphatic heterocycles. The molecular formula is C18H12BO2S. The fourth-order valence-corrected chi connectivity index (χ4v) is 4.02. The molecule has 2 nitrogen and oxygen atoms in total. The first-order valence-electron chi connectivity index (χ1n) is 7.00. The molecule has 1 radical (unpaired) electrons. The molecule has 4 rings (SSSR count). The first kappa shape index (κ1) is 13.4. The molecule has 0 bridgehead atoms. The van der Waals surface area contributed by atoms with Gasteiger partial charge >= 0.3 is 7.69 Å². The molecule has 0 fully saturated rings. The van der Waals surface area contributed by atoms with Gasteiger partial charge in [-0.15, -0.1) is 11.3 Å².